The minimum atomic E-state index is -3.57. The Morgan fingerprint density at radius 2 is 2.14 bits per heavy atom. The van der Waals surface area contributed by atoms with E-state index in [1.54, 1.807) is 0 Å². The molecule has 0 atom stereocenters. The van der Waals surface area contributed by atoms with Gasteiger partial charge in [-0.25, -0.2) is 9.97 Å². The summed E-state index contributed by atoms with van der Waals surface area (Å²) in [6, 6.07) is 0. The van der Waals surface area contributed by atoms with Crippen molar-refractivity contribution in [3.8, 4) is 0 Å². The molecular weight excluding hydrogens is 214 g/mol. The molecular formula is C8H7ClF2N2O. The number of carbonyl (C=O) groups excluding carboxylic acids is 1. The molecule has 0 aromatic carbocycles. The van der Waals surface area contributed by atoms with E-state index in [1.807, 2.05) is 0 Å². The quantitative estimate of drug-likeness (QED) is 0.567. The molecule has 0 aliphatic heterocycles. The van der Waals surface area contributed by atoms with Crippen molar-refractivity contribution in [2.45, 2.75) is 19.2 Å². The zero-order chi connectivity index (χ0) is 10.9. The Hall–Kier alpha value is -1.10. The lowest BCUT2D eigenvalue weighted by atomic mass is 10.2. The lowest BCUT2D eigenvalue weighted by Gasteiger charge is -2.10. The van der Waals surface area contributed by atoms with Crippen LogP contribution in [0.5, 0.6) is 0 Å². The fraction of sp³-hybridized carbons (Fsp3) is 0.375. The Labute approximate surface area is 84.1 Å². The van der Waals surface area contributed by atoms with Gasteiger partial charge in [0.2, 0.25) is 0 Å². The zero-order valence-electron chi connectivity index (χ0n) is 7.51. The van der Waals surface area contributed by atoms with E-state index in [2.05, 4.69) is 9.97 Å². The lowest BCUT2D eigenvalue weighted by Crippen LogP contribution is -2.13. The van der Waals surface area contributed by atoms with Crippen molar-refractivity contribution in [3.05, 3.63) is 23.3 Å². The van der Waals surface area contributed by atoms with Crippen LogP contribution in [0.3, 0.4) is 0 Å². The number of aryl methyl sites for hydroxylation is 1. The zero-order valence-corrected chi connectivity index (χ0v) is 8.27. The van der Waals surface area contributed by atoms with Gasteiger partial charge >= 0.3 is 5.38 Å². The van der Waals surface area contributed by atoms with Crippen LogP contribution < -0.4 is 0 Å². The number of Topliss-reactive ketones (excluding diaryl/α,β-unsaturated/α-hetero) is 1. The summed E-state index contributed by atoms with van der Waals surface area (Å²) in [5.74, 6) is -0.738. The smallest absolute Gasteiger partial charge is 0.291 e. The van der Waals surface area contributed by atoms with Gasteiger partial charge in [-0.15, -0.1) is 0 Å². The van der Waals surface area contributed by atoms with E-state index in [0.29, 0.717) is 0 Å². The van der Waals surface area contributed by atoms with E-state index in [9.17, 15) is 13.6 Å². The van der Waals surface area contributed by atoms with Crippen LogP contribution in [0.1, 0.15) is 28.8 Å². The van der Waals surface area contributed by atoms with Crippen molar-refractivity contribution in [2.24, 2.45) is 0 Å². The fourth-order valence-electron chi connectivity index (χ4n) is 0.899. The molecule has 0 amide bonds. The average Bonchev–Trinajstić information content (AvgIpc) is 2.02. The molecule has 76 valence electrons. The maximum atomic E-state index is 12.7. The van der Waals surface area contributed by atoms with Gasteiger partial charge in [-0.05, 0) is 24.1 Å². The summed E-state index contributed by atoms with van der Waals surface area (Å²) >= 11 is 4.81. The Balaban J connectivity index is 3.29. The maximum absolute atomic E-state index is 12.7. The SMILES string of the molecule is CC(=O)c1ncc(C)c(C(F)(F)Cl)n1. The minimum absolute atomic E-state index is 0.148. The molecule has 14 heavy (non-hydrogen) atoms. The molecule has 1 aromatic rings. The molecule has 1 heterocycles. The molecule has 0 aliphatic rings. The molecule has 0 saturated heterocycles. The van der Waals surface area contributed by atoms with Gasteiger partial charge in [0.1, 0.15) is 5.69 Å². The van der Waals surface area contributed by atoms with E-state index >= 15 is 0 Å². The predicted molar refractivity (Wildman–Crippen MR) is 46.5 cm³/mol. The first-order valence-electron chi connectivity index (χ1n) is 3.74. The van der Waals surface area contributed by atoms with Crippen LogP contribution in [0.2, 0.25) is 0 Å². The number of hydrogen-bond donors (Lipinski definition) is 0. The highest BCUT2D eigenvalue weighted by atomic mass is 35.5. The van der Waals surface area contributed by atoms with Gasteiger partial charge in [-0.2, -0.15) is 8.78 Å². The van der Waals surface area contributed by atoms with E-state index < -0.39 is 16.9 Å². The van der Waals surface area contributed by atoms with Crippen LogP contribution in [0.15, 0.2) is 6.20 Å². The van der Waals surface area contributed by atoms with Crippen molar-refractivity contribution in [3.63, 3.8) is 0 Å². The molecule has 0 fully saturated rings. The molecule has 0 spiro atoms. The number of carbonyl (C=O) groups is 1. The summed E-state index contributed by atoms with van der Waals surface area (Å²) in [5, 5.41) is -3.57. The van der Waals surface area contributed by atoms with E-state index in [0.717, 1.165) is 6.20 Å². The van der Waals surface area contributed by atoms with E-state index in [4.69, 9.17) is 11.6 Å². The largest absolute Gasteiger partial charge is 0.365 e. The maximum Gasteiger partial charge on any atom is 0.365 e. The van der Waals surface area contributed by atoms with Crippen molar-refractivity contribution < 1.29 is 13.6 Å². The fourth-order valence-corrected chi connectivity index (χ4v) is 1.09. The van der Waals surface area contributed by atoms with E-state index in [1.165, 1.54) is 13.8 Å². The summed E-state index contributed by atoms with van der Waals surface area (Å²) in [4.78, 5) is 17.8. The van der Waals surface area contributed by atoms with Crippen LogP contribution in [-0.2, 0) is 5.38 Å². The first-order valence-corrected chi connectivity index (χ1v) is 4.12. The molecule has 1 rings (SSSR count). The first-order chi connectivity index (χ1) is 6.32. The van der Waals surface area contributed by atoms with Gasteiger partial charge in [-0.3, -0.25) is 4.79 Å². The van der Waals surface area contributed by atoms with Gasteiger partial charge in [0.25, 0.3) is 0 Å². The first kappa shape index (κ1) is 11.0. The second-order valence-electron chi connectivity index (χ2n) is 2.78. The third-order valence-corrected chi connectivity index (χ3v) is 1.73. The molecule has 1 aromatic heterocycles. The number of ketones is 1. The molecule has 3 nitrogen and oxygen atoms in total. The van der Waals surface area contributed by atoms with E-state index in [-0.39, 0.29) is 11.4 Å². The summed E-state index contributed by atoms with van der Waals surface area (Å²) in [7, 11) is 0. The lowest BCUT2D eigenvalue weighted by molar-refractivity contribution is 0.0879. The van der Waals surface area contributed by atoms with Crippen LogP contribution in [0, 0.1) is 6.92 Å². The molecule has 0 saturated carbocycles. The van der Waals surface area contributed by atoms with Gasteiger partial charge in [0, 0.05) is 13.1 Å². The van der Waals surface area contributed by atoms with Gasteiger partial charge in [0.05, 0.1) is 0 Å². The molecule has 0 N–H and O–H groups in total. The molecule has 6 heteroatoms. The Morgan fingerprint density at radius 3 is 2.57 bits per heavy atom. The molecule has 0 unspecified atom stereocenters. The number of alkyl halides is 3. The van der Waals surface area contributed by atoms with Crippen molar-refractivity contribution in [1.29, 1.82) is 0 Å². The monoisotopic (exact) mass is 220 g/mol. The van der Waals surface area contributed by atoms with Crippen molar-refractivity contribution >= 4 is 17.4 Å². The highest BCUT2D eigenvalue weighted by molar-refractivity contribution is 6.21. The second kappa shape index (κ2) is 3.57. The summed E-state index contributed by atoms with van der Waals surface area (Å²) in [6.45, 7) is 2.59. The summed E-state index contributed by atoms with van der Waals surface area (Å²) in [5.41, 5.74) is -0.477. The van der Waals surface area contributed by atoms with Crippen LogP contribution in [-0.4, -0.2) is 15.8 Å². The van der Waals surface area contributed by atoms with Gasteiger partial charge < -0.3 is 0 Å². The second-order valence-corrected chi connectivity index (χ2v) is 3.25. The van der Waals surface area contributed by atoms with Crippen molar-refractivity contribution in [2.75, 3.05) is 0 Å². The van der Waals surface area contributed by atoms with Crippen LogP contribution in [0.4, 0.5) is 8.78 Å². The number of halogens is 3. The molecule has 0 aliphatic carbocycles. The number of hydrogen-bond acceptors (Lipinski definition) is 3. The van der Waals surface area contributed by atoms with Crippen LogP contribution >= 0.6 is 11.6 Å². The highest BCUT2D eigenvalue weighted by Gasteiger charge is 2.32. The predicted octanol–water partition coefficient (Wildman–Crippen LogP) is 2.28. The number of aromatic nitrogens is 2. The Kier molecular flexibility index (Phi) is 2.80. The van der Waals surface area contributed by atoms with Crippen LogP contribution in [0.25, 0.3) is 0 Å². The van der Waals surface area contributed by atoms with Gasteiger partial charge in [-0.1, -0.05) is 0 Å². The van der Waals surface area contributed by atoms with Gasteiger partial charge in [0.15, 0.2) is 11.6 Å². The third-order valence-electron chi connectivity index (χ3n) is 1.56. The highest BCUT2D eigenvalue weighted by Crippen LogP contribution is 2.32. The third kappa shape index (κ3) is 2.23. The average molecular weight is 221 g/mol. The van der Waals surface area contributed by atoms with Crippen molar-refractivity contribution in [1.82, 2.24) is 9.97 Å². The summed E-state index contributed by atoms with van der Waals surface area (Å²) < 4.78 is 25.4. The molecule has 0 radical (unpaired) electrons. The Bertz CT molecular complexity index is 376. The Morgan fingerprint density at radius 1 is 1.57 bits per heavy atom. The topological polar surface area (TPSA) is 42.9 Å². The number of nitrogens with zero attached hydrogens (tertiary/aromatic N) is 2. The number of rotatable bonds is 2. The minimum Gasteiger partial charge on any atom is -0.291 e. The molecule has 0 bridgehead atoms. The standard InChI is InChI=1S/C8H7ClF2N2O/c1-4-3-12-7(5(2)14)13-6(4)8(9,10)11/h3H,1-2H3. The normalized spacial score (nSPS) is 11.5. The summed E-state index contributed by atoms with van der Waals surface area (Å²) in [6.07, 6.45) is 1.15.